The van der Waals surface area contributed by atoms with E-state index in [1.54, 1.807) is 6.92 Å². The number of hydrogen-bond donors (Lipinski definition) is 1. The van der Waals surface area contributed by atoms with Gasteiger partial charge < -0.3 is 23.2 Å². The lowest BCUT2D eigenvalue weighted by molar-refractivity contribution is 0.133. The molecule has 0 saturated heterocycles. The predicted octanol–water partition coefficient (Wildman–Crippen LogP) is 6.02. The van der Waals surface area contributed by atoms with Crippen molar-refractivity contribution in [3.63, 3.8) is 0 Å². The molecule has 0 bridgehead atoms. The van der Waals surface area contributed by atoms with Gasteiger partial charge in [0.1, 0.15) is 0 Å². The highest BCUT2D eigenvalue weighted by molar-refractivity contribution is 7.74. The summed E-state index contributed by atoms with van der Waals surface area (Å²) in [4.78, 5) is 0. The van der Waals surface area contributed by atoms with Gasteiger partial charge in [0.25, 0.3) is 5.08 Å². The second-order valence-electron chi connectivity index (χ2n) is 6.81. The second kappa shape index (κ2) is 12.2. The Morgan fingerprint density at radius 2 is 1.18 bits per heavy atom. The molecule has 0 aliphatic rings. The quantitative estimate of drug-likeness (QED) is 0.277. The van der Waals surface area contributed by atoms with Crippen LogP contribution in [0.25, 0.3) is 0 Å². The Hall–Kier alpha value is -0.520. The first-order valence-electron chi connectivity index (χ1n) is 9.08. The first-order chi connectivity index (χ1) is 12.9. The van der Waals surface area contributed by atoms with Crippen LogP contribution in [-0.4, -0.2) is 38.6 Å². The van der Waals surface area contributed by atoms with Gasteiger partial charge >= 0.3 is 15.2 Å². The maximum absolute atomic E-state index is 12.9. The average Bonchev–Trinajstić information content (AvgIpc) is 2.65. The summed E-state index contributed by atoms with van der Waals surface area (Å²) in [7, 11) is -4.07. The van der Waals surface area contributed by atoms with Gasteiger partial charge in [0.05, 0.1) is 0 Å². The minimum Gasteiger partial charge on any atom is -0.364 e. The van der Waals surface area contributed by atoms with Gasteiger partial charge in [-0.15, -0.1) is 0 Å². The summed E-state index contributed by atoms with van der Waals surface area (Å²) in [6.45, 7) is 7.96. The van der Waals surface area contributed by atoms with E-state index in [0.29, 0.717) is 18.4 Å². The van der Waals surface area contributed by atoms with E-state index < -0.39 is 20.3 Å². The first kappa shape index (κ1) is 27.5. The predicted molar refractivity (Wildman–Crippen MR) is 114 cm³/mol. The van der Waals surface area contributed by atoms with E-state index in [0.717, 1.165) is 41.3 Å². The van der Waals surface area contributed by atoms with Crippen LogP contribution in [0.5, 0.6) is 0 Å². The van der Waals surface area contributed by atoms with E-state index in [4.69, 9.17) is 18.1 Å². The van der Waals surface area contributed by atoms with Crippen molar-refractivity contribution >= 4 is 15.2 Å². The molecule has 0 aromatic rings. The van der Waals surface area contributed by atoms with Crippen LogP contribution in [0.1, 0.15) is 53.4 Å². The summed E-state index contributed by atoms with van der Waals surface area (Å²) in [5, 5.41) is 8.52. The Bertz CT molecular complexity index is 634. The van der Waals surface area contributed by atoms with Crippen LogP contribution in [0.3, 0.4) is 0 Å². The van der Waals surface area contributed by atoms with Crippen molar-refractivity contribution in [2.75, 3.05) is 28.4 Å². The summed E-state index contributed by atoms with van der Waals surface area (Å²) in [6.07, 6.45) is 8.77. The number of allylic oxidation sites excluding steroid dienone is 5. The number of aliphatic hydroxyl groups is 1. The Kier molecular flexibility index (Phi) is 12.0. The molecule has 0 spiro atoms. The first-order valence-corrected chi connectivity index (χ1v) is 12.2. The van der Waals surface area contributed by atoms with Gasteiger partial charge in [0.15, 0.2) is 0 Å². The average molecular weight is 438 g/mol. The summed E-state index contributed by atoms with van der Waals surface area (Å²) in [5.74, 6) is 0. The molecule has 0 amide bonds. The smallest absolute Gasteiger partial charge is 0.364 e. The van der Waals surface area contributed by atoms with E-state index in [9.17, 15) is 14.2 Å². The molecule has 0 aliphatic carbocycles. The molecule has 9 heteroatoms. The number of hydrogen-bond acceptors (Lipinski definition) is 7. The third kappa shape index (κ3) is 7.07. The third-order valence-electron chi connectivity index (χ3n) is 4.33. The zero-order valence-corrected chi connectivity index (χ0v) is 20.1. The Morgan fingerprint density at radius 3 is 1.57 bits per heavy atom. The Morgan fingerprint density at radius 1 is 0.786 bits per heavy atom. The third-order valence-corrected chi connectivity index (χ3v) is 9.59. The molecule has 0 aromatic heterocycles. The lowest BCUT2D eigenvalue weighted by Gasteiger charge is -2.34. The lowest BCUT2D eigenvalue weighted by Crippen LogP contribution is -2.29. The van der Waals surface area contributed by atoms with Gasteiger partial charge in [-0.1, -0.05) is 28.9 Å². The zero-order chi connectivity index (χ0) is 22.0. The summed E-state index contributed by atoms with van der Waals surface area (Å²) in [6, 6.07) is 0. The molecule has 0 aromatic carbocycles. The van der Waals surface area contributed by atoms with Crippen molar-refractivity contribution in [1.82, 2.24) is 0 Å². The maximum Gasteiger partial charge on any atom is 0.378 e. The van der Waals surface area contributed by atoms with E-state index in [1.165, 1.54) is 17.2 Å². The molecule has 0 radical (unpaired) electrons. The van der Waals surface area contributed by atoms with Crippen LogP contribution in [0.2, 0.25) is 0 Å². The van der Waals surface area contributed by atoms with Crippen molar-refractivity contribution in [2.45, 2.75) is 58.5 Å². The topological polar surface area (TPSA) is 91.3 Å². The Balaban J connectivity index is 5.52. The molecule has 0 atom stereocenters. The molecule has 7 nitrogen and oxygen atoms in total. The normalized spacial score (nSPS) is 14.3. The highest BCUT2D eigenvalue weighted by Gasteiger charge is 2.62. The minimum atomic E-state index is -4.24. The molecule has 0 heterocycles. The fourth-order valence-corrected chi connectivity index (χ4v) is 6.94. The van der Waals surface area contributed by atoms with Crippen LogP contribution in [0, 0.1) is 0 Å². The molecule has 28 heavy (non-hydrogen) atoms. The van der Waals surface area contributed by atoms with Gasteiger partial charge in [-0.25, -0.2) is 0 Å². The van der Waals surface area contributed by atoms with Gasteiger partial charge in [-0.3, -0.25) is 9.13 Å². The summed E-state index contributed by atoms with van der Waals surface area (Å²) in [5.41, 5.74) is 3.21. The van der Waals surface area contributed by atoms with Crippen molar-refractivity contribution in [2.24, 2.45) is 0 Å². The molecule has 1 N–H and O–H groups in total. The Labute approximate surface area is 169 Å². The molecule has 0 fully saturated rings. The van der Waals surface area contributed by atoms with Crippen LogP contribution in [-0.2, 0) is 27.2 Å². The van der Waals surface area contributed by atoms with Gasteiger partial charge in [-0.2, -0.15) is 0 Å². The maximum atomic E-state index is 12.9. The second-order valence-corrected chi connectivity index (χ2v) is 12.0. The molecule has 0 aliphatic heterocycles. The van der Waals surface area contributed by atoms with Crippen molar-refractivity contribution in [3.05, 3.63) is 34.9 Å². The summed E-state index contributed by atoms with van der Waals surface area (Å²) >= 11 is 0. The minimum absolute atomic E-state index is 0.559. The fraction of sp³-hybridized carbons (Fsp3) is 0.684. The number of rotatable bonds is 13. The van der Waals surface area contributed by atoms with Crippen LogP contribution in [0.15, 0.2) is 34.9 Å². The van der Waals surface area contributed by atoms with E-state index in [-0.39, 0.29) is 0 Å². The van der Waals surface area contributed by atoms with Gasteiger partial charge in [0.2, 0.25) is 0 Å². The SMILES string of the molecule is COP(=O)(OC)C(O)(/C=C(\C)CC/C=C(\C)CCC=C(C)C)P(=O)(OC)OC. The molecule has 0 saturated carbocycles. The molecule has 164 valence electrons. The molecule has 0 rings (SSSR count). The highest BCUT2D eigenvalue weighted by atomic mass is 31.2. The standard InChI is InChI=1S/C19H36O7P2/c1-16(2)11-9-12-17(3)13-10-14-18(4)15-19(20,27(21,23-5)24-6)28(22,25-7)26-8/h11,13,15,20H,9-10,12,14H2,1-8H3/b17-13+,18-15+. The van der Waals surface area contributed by atoms with Crippen LogP contribution in [0.4, 0.5) is 0 Å². The van der Waals surface area contributed by atoms with Crippen molar-refractivity contribution in [1.29, 1.82) is 0 Å². The van der Waals surface area contributed by atoms with Crippen LogP contribution < -0.4 is 0 Å². The zero-order valence-electron chi connectivity index (χ0n) is 18.4. The summed E-state index contributed by atoms with van der Waals surface area (Å²) < 4.78 is 45.5. The van der Waals surface area contributed by atoms with E-state index in [1.807, 2.05) is 0 Å². The largest absolute Gasteiger partial charge is 0.378 e. The van der Waals surface area contributed by atoms with Crippen LogP contribution >= 0.6 is 15.2 Å². The molecular formula is C19H36O7P2. The molecular weight excluding hydrogens is 402 g/mol. The highest BCUT2D eigenvalue weighted by Crippen LogP contribution is 2.76. The van der Waals surface area contributed by atoms with Gasteiger partial charge in [-0.05, 0) is 59.5 Å². The van der Waals surface area contributed by atoms with E-state index in [2.05, 4.69) is 32.9 Å². The fourth-order valence-electron chi connectivity index (χ4n) is 2.63. The van der Waals surface area contributed by atoms with Gasteiger partial charge in [0, 0.05) is 28.4 Å². The lowest BCUT2D eigenvalue weighted by atomic mass is 10.1. The monoisotopic (exact) mass is 438 g/mol. The van der Waals surface area contributed by atoms with Crippen molar-refractivity contribution in [3.8, 4) is 0 Å². The van der Waals surface area contributed by atoms with Crippen molar-refractivity contribution < 1.29 is 32.3 Å². The van der Waals surface area contributed by atoms with E-state index >= 15 is 0 Å². The molecule has 0 unspecified atom stereocenters.